The summed E-state index contributed by atoms with van der Waals surface area (Å²) in [5, 5.41) is 13.8. The van der Waals surface area contributed by atoms with Gasteiger partial charge in [-0.2, -0.15) is 0 Å². The third kappa shape index (κ3) is 5.95. The number of hydrogen-bond acceptors (Lipinski definition) is 3. The minimum Gasteiger partial charge on any atom is -0.481 e. The van der Waals surface area contributed by atoms with Gasteiger partial charge in [0.05, 0.1) is 18.5 Å². The first kappa shape index (κ1) is 17.2. The van der Waals surface area contributed by atoms with Crippen LogP contribution in [0.25, 0.3) is 0 Å². The van der Waals surface area contributed by atoms with Crippen molar-refractivity contribution in [2.75, 3.05) is 6.54 Å². The minimum atomic E-state index is -1.00. The van der Waals surface area contributed by atoms with Crippen LogP contribution in [0.15, 0.2) is 28.7 Å². The summed E-state index contributed by atoms with van der Waals surface area (Å²) in [6.07, 6.45) is -0.198. The van der Waals surface area contributed by atoms with Crippen molar-refractivity contribution in [2.24, 2.45) is 0 Å². The number of carboxylic acid groups (broad SMARTS) is 1. The van der Waals surface area contributed by atoms with Crippen LogP contribution in [0.2, 0.25) is 0 Å². The third-order valence-electron chi connectivity index (χ3n) is 2.60. The molecule has 0 atom stereocenters. The molecule has 0 bridgehead atoms. The zero-order chi connectivity index (χ0) is 16.0. The molecule has 21 heavy (non-hydrogen) atoms. The van der Waals surface area contributed by atoms with Crippen LogP contribution in [0.4, 0.5) is 0 Å². The summed E-state index contributed by atoms with van der Waals surface area (Å²) < 4.78 is 0.633. The summed E-state index contributed by atoms with van der Waals surface area (Å²) in [7, 11) is 0. The van der Waals surface area contributed by atoms with Crippen LogP contribution in [0.3, 0.4) is 0 Å². The predicted octanol–water partition coefficient (Wildman–Crippen LogP) is 1.55. The first-order valence-electron chi connectivity index (χ1n) is 6.27. The van der Waals surface area contributed by atoms with Crippen molar-refractivity contribution >= 4 is 33.7 Å². The number of carboxylic acids is 1. The van der Waals surface area contributed by atoms with Crippen molar-refractivity contribution in [1.82, 2.24) is 10.6 Å². The van der Waals surface area contributed by atoms with Gasteiger partial charge in [0.1, 0.15) is 0 Å². The van der Waals surface area contributed by atoms with E-state index in [-0.39, 0.29) is 18.9 Å². The lowest BCUT2D eigenvalue weighted by atomic mass is 10.0. The highest BCUT2D eigenvalue weighted by Gasteiger charge is 2.24. The fourth-order valence-corrected chi connectivity index (χ4v) is 2.21. The van der Waals surface area contributed by atoms with Gasteiger partial charge in [-0.1, -0.05) is 12.1 Å². The Bertz CT molecular complexity index is 558. The van der Waals surface area contributed by atoms with Gasteiger partial charge in [-0.15, -0.1) is 0 Å². The Kier molecular flexibility index (Phi) is 5.90. The second kappa shape index (κ2) is 7.21. The number of amides is 2. The van der Waals surface area contributed by atoms with E-state index in [9.17, 15) is 14.4 Å². The number of benzene rings is 1. The Morgan fingerprint density at radius 2 is 1.86 bits per heavy atom. The molecule has 7 heteroatoms. The first-order chi connectivity index (χ1) is 9.71. The average molecular weight is 357 g/mol. The molecule has 0 heterocycles. The second-order valence-corrected chi connectivity index (χ2v) is 6.02. The standard InChI is InChI=1S/C14H17BrN2O4/c1-14(2,7-12(19)20)17-11(18)8-16-13(21)9-5-3-4-6-10(9)15/h3-6H,7-8H2,1-2H3,(H,16,21)(H,17,18)(H,19,20). The van der Waals surface area contributed by atoms with Crippen LogP contribution in [0.1, 0.15) is 30.6 Å². The Morgan fingerprint density at radius 1 is 1.24 bits per heavy atom. The molecule has 3 N–H and O–H groups in total. The van der Waals surface area contributed by atoms with Gasteiger partial charge >= 0.3 is 5.97 Å². The highest BCUT2D eigenvalue weighted by atomic mass is 79.9. The molecule has 114 valence electrons. The van der Waals surface area contributed by atoms with Gasteiger partial charge in [-0.3, -0.25) is 14.4 Å². The lowest BCUT2D eigenvalue weighted by molar-refractivity contribution is -0.138. The summed E-state index contributed by atoms with van der Waals surface area (Å²) in [5.74, 6) is -1.83. The smallest absolute Gasteiger partial charge is 0.305 e. The van der Waals surface area contributed by atoms with Crippen molar-refractivity contribution in [3.63, 3.8) is 0 Å². The summed E-state index contributed by atoms with van der Waals surface area (Å²) in [6.45, 7) is 2.99. The lowest BCUT2D eigenvalue weighted by Gasteiger charge is -2.24. The second-order valence-electron chi connectivity index (χ2n) is 5.17. The number of halogens is 1. The minimum absolute atomic E-state index is 0.198. The van der Waals surface area contributed by atoms with Crippen LogP contribution in [-0.2, 0) is 9.59 Å². The molecule has 0 aliphatic rings. The largest absolute Gasteiger partial charge is 0.481 e. The van der Waals surface area contributed by atoms with Crippen molar-refractivity contribution in [2.45, 2.75) is 25.8 Å². The molecule has 0 aromatic heterocycles. The van der Waals surface area contributed by atoms with E-state index in [1.807, 2.05) is 0 Å². The fourth-order valence-electron chi connectivity index (χ4n) is 1.75. The van der Waals surface area contributed by atoms with E-state index in [4.69, 9.17) is 5.11 Å². The maximum absolute atomic E-state index is 11.9. The van der Waals surface area contributed by atoms with E-state index < -0.39 is 17.4 Å². The van der Waals surface area contributed by atoms with Gasteiger partial charge in [0.25, 0.3) is 5.91 Å². The van der Waals surface area contributed by atoms with Crippen LogP contribution in [0, 0.1) is 0 Å². The summed E-state index contributed by atoms with van der Waals surface area (Å²) in [4.78, 5) is 34.3. The first-order valence-corrected chi connectivity index (χ1v) is 7.06. The molecule has 1 aromatic carbocycles. The number of nitrogens with one attached hydrogen (secondary N) is 2. The summed E-state index contributed by atoms with van der Waals surface area (Å²) in [5.41, 5.74) is -0.448. The average Bonchev–Trinajstić information content (AvgIpc) is 2.34. The molecule has 0 radical (unpaired) electrons. The molecule has 2 amide bonds. The molecule has 0 fully saturated rings. The van der Waals surface area contributed by atoms with Gasteiger partial charge in [-0.05, 0) is 41.9 Å². The van der Waals surface area contributed by atoms with Crippen LogP contribution >= 0.6 is 15.9 Å². The van der Waals surface area contributed by atoms with Crippen LogP contribution < -0.4 is 10.6 Å². The van der Waals surface area contributed by atoms with E-state index in [1.165, 1.54) is 0 Å². The van der Waals surface area contributed by atoms with E-state index >= 15 is 0 Å². The normalized spacial score (nSPS) is 10.8. The molecule has 0 unspecified atom stereocenters. The van der Waals surface area contributed by atoms with Crippen molar-refractivity contribution in [3.05, 3.63) is 34.3 Å². The Balaban J connectivity index is 2.52. The lowest BCUT2D eigenvalue weighted by Crippen LogP contribution is -2.48. The topological polar surface area (TPSA) is 95.5 Å². The fraction of sp³-hybridized carbons (Fsp3) is 0.357. The molecule has 1 aromatic rings. The molecule has 0 spiro atoms. The van der Waals surface area contributed by atoms with Crippen molar-refractivity contribution in [1.29, 1.82) is 0 Å². The quantitative estimate of drug-likeness (QED) is 0.720. The van der Waals surface area contributed by atoms with E-state index in [0.717, 1.165) is 0 Å². The third-order valence-corrected chi connectivity index (χ3v) is 3.29. The molecule has 0 aliphatic heterocycles. The maximum atomic E-state index is 11.9. The van der Waals surface area contributed by atoms with Gasteiger partial charge in [-0.25, -0.2) is 0 Å². The summed E-state index contributed by atoms with van der Waals surface area (Å²) in [6, 6.07) is 6.86. The maximum Gasteiger partial charge on any atom is 0.305 e. The molecule has 0 saturated carbocycles. The Labute approximate surface area is 131 Å². The van der Waals surface area contributed by atoms with Crippen molar-refractivity contribution < 1.29 is 19.5 Å². The SMILES string of the molecule is CC(C)(CC(=O)O)NC(=O)CNC(=O)c1ccccc1Br. The van der Waals surface area contributed by atoms with E-state index in [2.05, 4.69) is 26.6 Å². The van der Waals surface area contributed by atoms with Gasteiger partial charge in [0.15, 0.2) is 0 Å². The molecular formula is C14H17BrN2O4. The number of carbonyl (C=O) groups is 3. The number of carbonyl (C=O) groups excluding carboxylic acids is 2. The molecular weight excluding hydrogens is 340 g/mol. The molecule has 0 aliphatic carbocycles. The van der Waals surface area contributed by atoms with Gasteiger partial charge in [0, 0.05) is 10.0 Å². The zero-order valence-corrected chi connectivity index (χ0v) is 13.4. The predicted molar refractivity (Wildman–Crippen MR) is 80.9 cm³/mol. The highest BCUT2D eigenvalue weighted by Crippen LogP contribution is 2.15. The number of hydrogen-bond donors (Lipinski definition) is 3. The molecule has 0 saturated heterocycles. The molecule has 6 nitrogen and oxygen atoms in total. The summed E-state index contributed by atoms with van der Waals surface area (Å²) >= 11 is 3.25. The Hall–Kier alpha value is -1.89. The van der Waals surface area contributed by atoms with Gasteiger partial charge in [0.2, 0.25) is 5.91 Å². The van der Waals surface area contributed by atoms with Crippen LogP contribution in [-0.4, -0.2) is 35.0 Å². The van der Waals surface area contributed by atoms with Gasteiger partial charge < -0.3 is 15.7 Å². The van der Waals surface area contributed by atoms with Crippen LogP contribution in [0.5, 0.6) is 0 Å². The number of aliphatic carboxylic acids is 1. The molecule has 1 rings (SSSR count). The van der Waals surface area contributed by atoms with E-state index in [1.54, 1.807) is 38.1 Å². The zero-order valence-electron chi connectivity index (χ0n) is 11.8. The monoisotopic (exact) mass is 356 g/mol. The van der Waals surface area contributed by atoms with E-state index in [0.29, 0.717) is 10.0 Å². The number of rotatable bonds is 6. The Morgan fingerprint density at radius 3 is 2.43 bits per heavy atom. The van der Waals surface area contributed by atoms with Crippen molar-refractivity contribution in [3.8, 4) is 0 Å². The highest BCUT2D eigenvalue weighted by molar-refractivity contribution is 9.10.